The summed E-state index contributed by atoms with van der Waals surface area (Å²) in [5.41, 5.74) is 0.843. The van der Waals surface area contributed by atoms with Crippen LogP contribution >= 0.6 is 0 Å². The van der Waals surface area contributed by atoms with Gasteiger partial charge in [0.25, 0.3) is 0 Å². The van der Waals surface area contributed by atoms with Gasteiger partial charge >= 0.3 is 12.3 Å². The molecular formula is C16H20F3NO4. The number of anilines is 1. The van der Waals surface area contributed by atoms with Crippen LogP contribution in [0.15, 0.2) is 18.2 Å². The molecule has 8 heteroatoms. The van der Waals surface area contributed by atoms with E-state index in [0.29, 0.717) is 37.3 Å². The molecule has 1 heterocycles. The van der Waals surface area contributed by atoms with Gasteiger partial charge in [-0.2, -0.15) is 0 Å². The molecule has 1 aromatic carbocycles. The molecule has 0 bridgehead atoms. The van der Waals surface area contributed by atoms with E-state index in [4.69, 9.17) is 4.74 Å². The first kappa shape index (κ1) is 18.4. The number of esters is 1. The van der Waals surface area contributed by atoms with Crippen molar-refractivity contribution in [3.8, 4) is 5.75 Å². The molecule has 1 fully saturated rings. The Balaban J connectivity index is 2.37. The maximum Gasteiger partial charge on any atom is 0.573 e. The van der Waals surface area contributed by atoms with Crippen molar-refractivity contribution in [1.29, 1.82) is 0 Å². The molecule has 0 saturated carbocycles. The first-order chi connectivity index (χ1) is 11.3. The van der Waals surface area contributed by atoms with Gasteiger partial charge in [-0.15, -0.1) is 13.2 Å². The summed E-state index contributed by atoms with van der Waals surface area (Å²) in [6.07, 6.45) is -3.62. The lowest BCUT2D eigenvalue weighted by molar-refractivity contribution is -0.275. The molecule has 0 unspecified atom stereocenters. The minimum atomic E-state index is -4.79. The Labute approximate surface area is 138 Å². The van der Waals surface area contributed by atoms with Crippen molar-refractivity contribution in [2.45, 2.75) is 38.1 Å². The fraction of sp³-hybridized carbons (Fsp3) is 0.562. The van der Waals surface area contributed by atoms with Gasteiger partial charge < -0.3 is 19.5 Å². The number of carbonyl (C=O) groups excluding carboxylic acids is 1. The van der Waals surface area contributed by atoms with Crippen LogP contribution < -0.4 is 10.1 Å². The molecule has 1 aliphatic heterocycles. The Bertz CT molecular complexity index is 571. The third kappa shape index (κ3) is 4.77. The summed E-state index contributed by atoms with van der Waals surface area (Å²) in [6, 6.07) is 3.67. The van der Waals surface area contributed by atoms with Crippen molar-refractivity contribution in [2.75, 3.05) is 25.6 Å². The monoisotopic (exact) mass is 347 g/mol. The van der Waals surface area contributed by atoms with E-state index in [9.17, 15) is 18.0 Å². The molecule has 5 nitrogen and oxygen atoms in total. The van der Waals surface area contributed by atoms with Gasteiger partial charge in [0.2, 0.25) is 0 Å². The van der Waals surface area contributed by atoms with Crippen LogP contribution in [0.25, 0.3) is 0 Å². The van der Waals surface area contributed by atoms with Gasteiger partial charge in [0.1, 0.15) is 11.8 Å². The number of ether oxygens (including phenoxy) is 3. The van der Waals surface area contributed by atoms with Crippen LogP contribution in [0.3, 0.4) is 0 Å². The molecule has 0 aliphatic carbocycles. The number of hydrogen-bond acceptors (Lipinski definition) is 5. The maximum absolute atomic E-state index is 12.7. The van der Waals surface area contributed by atoms with E-state index in [1.807, 2.05) is 0 Å². The lowest BCUT2D eigenvalue weighted by Gasteiger charge is -2.28. The fourth-order valence-electron chi connectivity index (χ4n) is 2.76. The summed E-state index contributed by atoms with van der Waals surface area (Å²) in [5.74, 6) is -0.906. The number of benzene rings is 1. The molecule has 0 radical (unpaired) electrons. The molecular weight excluding hydrogens is 327 g/mol. The summed E-state index contributed by atoms with van der Waals surface area (Å²) in [5, 5.41) is 2.92. The average molecular weight is 347 g/mol. The normalized spacial score (nSPS) is 17.2. The molecule has 1 aliphatic rings. The van der Waals surface area contributed by atoms with E-state index in [1.165, 1.54) is 19.2 Å². The lowest BCUT2D eigenvalue weighted by atomic mass is 9.89. The predicted molar refractivity (Wildman–Crippen MR) is 81.0 cm³/mol. The van der Waals surface area contributed by atoms with Crippen molar-refractivity contribution < 1.29 is 32.2 Å². The van der Waals surface area contributed by atoms with E-state index in [0.717, 1.165) is 0 Å². The molecule has 134 valence electrons. The average Bonchev–Trinajstić information content (AvgIpc) is 2.53. The molecule has 24 heavy (non-hydrogen) atoms. The quantitative estimate of drug-likeness (QED) is 0.827. The first-order valence-electron chi connectivity index (χ1n) is 7.62. The molecule has 1 saturated heterocycles. The highest BCUT2D eigenvalue weighted by molar-refractivity contribution is 5.79. The Hall–Kier alpha value is -1.96. The van der Waals surface area contributed by atoms with Gasteiger partial charge in [-0.05, 0) is 37.8 Å². The van der Waals surface area contributed by atoms with Gasteiger partial charge in [-0.3, -0.25) is 0 Å². The Morgan fingerprint density at radius 3 is 2.58 bits per heavy atom. The molecule has 1 aromatic rings. The minimum Gasteiger partial charge on any atom is -0.467 e. The van der Waals surface area contributed by atoms with Crippen molar-refractivity contribution in [2.24, 2.45) is 0 Å². The molecule has 0 spiro atoms. The lowest BCUT2D eigenvalue weighted by Crippen LogP contribution is -2.28. The Morgan fingerprint density at radius 1 is 1.33 bits per heavy atom. The number of halogens is 3. The van der Waals surface area contributed by atoms with Crippen LogP contribution in [-0.4, -0.2) is 38.7 Å². The number of methoxy groups -OCH3 is 1. The Kier molecular flexibility index (Phi) is 5.93. The van der Waals surface area contributed by atoms with Crippen LogP contribution in [0.2, 0.25) is 0 Å². The molecule has 1 atom stereocenters. The highest BCUT2D eigenvalue weighted by atomic mass is 19.4. The van der Waals surface area contributed by atoms with Gasteiger partial charge in [0.05, 0.1) is 7.11 Å². The molecule has 1 N–H and O–H groups in total. The van der Waals surface area contributed by atoms with Crippen LogP contribution in [-0.2, 0) is 14.3 Å². The van der Waals surface area contributed by atoms with E-state index in [1.54, 1.807) is 13.0 Å². The van der Waals surface area contributed by atoms with Gasteiger partial charge in [0, 0.05) is 24.5 Å². The molecule has 0 aromatic heterocycles. The van der Waals surface area contributed by atoms with Gasteiger partial charge in [0.15, 0.2) is 0 Å². The van der Waals surface area contributed by atoms with E-state index in [-0.39, 0.29) is 11.7 Å². The van der Waals surface area contributed by atoms with Crippen LogP contribution in [0.1, 0.15) is 31.2 Å². The maximum atomic E-state index is 12.7. The van der Waals surface area contributed by atoms with Crippen LogP contribution in [0.5, 0.6) is 5.75 Å². The standard InChI is InChI=1S/C16H20F3NO4/c1-10(15(21)22-2)20-12-4-3-5-13(24-16(17,18)19)14(12)11-6-8-23-9-7-11/h3-5,10-11,20H,6-9H2,1-2H3/t10-/m0/s1. The van der Waals surface area contributed by atoms with E-state index >= 15 is 0 Å². The highest BCUT2D eigenvalue weighted by Crippen LogP contribution is 2.41. The van der Waals surface area contributed by atoms with Crippen LogP contribution in [0, 0.1) is 0 Å². The number of alkyl halides is 3. The number of carbonyl (C=O) groups is 1. The molecule has 2 rings (SSSR count). The second-order valence-corrected chi connectivity index (χ2v) is 5.54. The van der Waals surface area contributed by atoms with E-state index < -0.39 is 18.4 Å². The summed E-state index contributed by atoms with van der Waals surface area (Å²) in [7, 11) is 1.25. The van der Waals surface area contributed by atoms with Crippen molar-refractivity contribution in [3.05, 3.63) is 23.8 Å². The second-order valence-electron chi connectivity index (χ2n) is 5.54. The summed E-state index contributed by atoms with van der Waals surface area (Å²) >= 11 is 0. The number of nitrogens with one attached hydrogen (secondary N) is 1. The SMILES string of the molecule is COC(=O)[C@H](C)Nc1cccc(OC(F)(F)F)c1C1CCOCC1. The topological polar surface area (TPSA) is 56.8 Å². The zero-order valence-electron chi connectivity index (χ0n) is 13.5. The summed E-state index contributed by atoms with van der Waals surface area (Å²) in [4.78, 5) is 11.6. The van der Waals surface area contributed by atoms with Gasteiger partial charge in [-0.25, -0.2) is 4.79 Å². The van der Waals surface area contributed by atoms with Crippen molar-refractivity contribution >= 4 is 11.7 Å². The van der Waals surface area contributed by atoms with Crippen molar-refractivity contribution in [1.82, 2.24) is 0 Å². The van der Waals surface area contributed by atoms with Crippen molar-refractivity contribution in [3.63, 3.8) is 0 Å². The zero-order chi connectivity index (χ0) is 17.7. The zero-order valence-corrected chi connectivity index (χ0v) is 13.5. The van der Waals surface area contributed by atoms with Crippen LogP contribution in [0.4, 0.5) is 18.9 Å². The molecule has 0 amide bonds. The van der Waals surface area contributed by atoms with Gasteiger partial charge in [-0.1, -0.05) is 6.07 Å². The largest absolute Gasteiger partial charge is 0.573 e. The smallest absolute Gasteiger partial charge is 0.467 e. The predicted octanol–water partition coefficient (Wildman–Crippen LogP) is 3.45. The Morgan fingerprint density at radius 2 is 2.00 bits per heavy atom. The summed E-state index contributed by atoms with van der Waals surface area (Å²) in [6.45, 7) is 2.52. The number of hydrogen-bond donors (Lipinski definition) is 1. The fourth-order valence-corrected chi connectivity index (χ4v) is 2.76. The first-order valence-corrected chi connectivity index (χ1v) is 7.62. The summed E-state index contributed by atoms with van der Waals surface area (Å²) < 4.78 is 52.3. The number of rotatable bonds is 5. The third-order valence-corrected chi connectivity index (χ3v) is 3.85. The minimum absolute atomic E-state index is 0.148. The van der Waals surface area contributed by atoms with E-state index in [2.05, 4.69) is 14.8 Å². The third-order valence-electron chi connectivity index (χ3n) is 3.85. The second kappa shape index (κ2) is 7.74. The highest BCUT2D eigenvalue weighted by Gasteiger charge is 2.34.